The number of amides is 2. The summed E-state index contributed by atoms with van der Waals surface area (Å²) in [7, 11) is 0. The largest absolute Gasteiger partial charge is 0.366 e. The highest BCUT2D eigenvalue weighted by atomic mass is 35.5. The fourth-order valence-corrected chi connectivity index (χ4v) is 4.61. The summed E-state index contributed by atoms with van der Waals surface area (Å²) < 4.78 is 0.671. The number of aromatic nitrogens is 2. The number of rotatable bonds is 4. The average molecular weight is 449 g/mol. The number of hydrogen-bond acceptors (Lipinski definition) is 4. The second kappa shape index (κ2) is 8.57. The van der Waals surface area contributed by atoms with Gasteiger partial charge in [0.1, 0.15) is 5.82 Å². The van der Waals surface area contributed by atoms with E-state index in [0.717, 1.165) is 23.3 Å². The maximum absolute atomic E-state index is 13.1. The summed E-state index contributed by atoms with van der Waals surface area (Å²) >= 11 is 13.3. The van der Waals surface area contributed by atoms with E-state index in [-0.39, 0.29) is 17.7 Å². The molecule has 0 bridgehead atoms. The van der Waals surface area contributed by atoms with E-state index in [1.165, 1.54) is 17.5 Å². The average Bonchev–Trinajstić information content (AvgIpc) is 3.38. The minimum absolute atomic E-state index is 0.0899. The Labute approximate surface area is 181 Å². The minimum atomic E-state index is -0.288. The molecule has 0 spiro atoms. The van der Waals surface area contributed by atoms with Crippen molar-refractivity contribution in [3.8, 4) is 10.4 Å². The van der Waals surface area contributed by atoms with E-state index in [0.29, 0.717) is 33.8 Å². The van der Waals surface area contributed by atoms with Crippen molar-refractivity contribution >= 4 is 52.2 Å². The van der Waals surface area contributed by atoms with Crippen LogP contribution in [0, 0.1) is 5.92 Å². The van der Waals surface area contributed by atoms with E-state index >= 15 is 0 Å². The van der Waals surface area contributed by atoms with Crippen LogP contribution in [0.2, 0.25) is 9.36 Å². The van der Waals surface area contributed by atoms with Gasteiger partial charge < -0.3 is 15.2 Å². The van der Waals surface area contributed by atoms with Gasteiger partial charge in [0.2, 0.25) is 5.91 Å². The number of likely N-dealkylation sites (tertiary alicyclic amines) is 1. The molecule has 1 fully saturated rings. The molecule has 1 aliphatic heterocycles. The van der Waals surface area contributed by atoms with Gasteiger partial charge in [0.15, 0.2) is 0 Å². The first-order chi connectivity index (χ1) is 14.0. The minimum Gasteiger partial charge on any atom is -0.366 e. The van der Waals surface area contributed by atoms with E-state index < -0.39 is 0 Å². The zero-order chi connectivity index (χ0) is 20.4. The molecule has 150 valence electrons. The third-order valence-electron chi connectivity index (χ3n) is 4.87. The Bertz CT molecular complexity index is 1030. The number of carbonyl (C=O) groups excluding carboxylic acids is 2. The van der Waals surface area contributed by atoms with Gasteiger partial charge in [-0.1, -0.05) is 23.2 Å². The number of H-pyrrole nitrogens is 1. The van der Waals surface area contributed by atoms with Crippen molar-refractivity contribution < 1.29 is 9.59 Å². The highest BCUT2D eigenvalue weighted by molar-refractivity contribution is 7.19. The lowest BCUT2D eigenvalue weighted by molar-refractivity contribution is -0.121. The van der Waals surface area contributed by atoms with Crippen LogP contribution in [0.15, 0.2) is 42.9 Å². The molecule has 0 aliphatic carbocycles. The first kappa shape index (κ1) is 19.9. The molecule has 3 aromatic heterocycles. The van der Waals surface area contributed by atoms with Gasteiger partial charge >= 0.3 is 0 Å². The monoisotopic (exact) mass is 448 g/mol. The summed E-state index contributed by atoms with van der Waals surface area (Å²) in [4.78, 5) is 35.6. The zero-order valence-corrected chi connectivity index (χ0v) is 17.7. The summed E-state index contributed by atoms with van der Waals surface area (Å²) in [6.07, 6.45) is 6.48. The van der Waals surface area contributed by atoms with Gasteiger partial charge in [-0.15, -0.1) is 11.3 Å². The molecule has 0 aromatic carbocycles. The molecule has 4 heterocycles. The number of nitrogens with one attached hydrogen (secondary N) is 2. The van der Waals surface area contributed by atoms with Crippen molar-refractivity contribution in [2.45, 2.75) is 12.8 Å². The number of hydrogen-bond donors (Lipinski definition) is 2. The normalized spacial score (nSPS) is 16.6. The number of carbonyl (C=O) groups is 2. The molecule has 3 aromatic rings. The van der Waals surface area contributed by atoms with E-state index in [2.05, 4.69) is 15.3 Å². The molecule has 1 unspecified atom stereocenters. The van der Waals surface area contributed by atoms with Crippen molar-refractivity contribution in [2.24, 2.45) is 5.92 Å². The number of pyridine rings is 1. The summed E-state index contributed by atoms with van der Waals surface area (Å²) in [5.74, 6) is -0.0707. The van der Waals surface area contributed by atoms with E-state index in [4.69, 9.17) is 23.2 Å². The van der Waals surface area contributed by atoms with Crippen molar-refractivity contribution in [1.82, 2.24) is 14.9 Å². The van der Waals surface area contributed by atoms with E-state index in [1.54, 1.807) is 29.4 Å². The maximum Gasteiger partial charge on any atom is 0.256 e. The van der Waals surface area contributed by atoms with Crippen LogP contribution < -0.4 is 5.32 Å². The lowest BCUT2D eigenvalue weighted by Gasteiger charge is -2.32. The standard InChI is InChI=1S/C20H18Cl2N4O2S/c21-13-3-6-18(24-8-13)25-19(27)12-2-1-7-26(11-12)20(28)15-10-23-9-14(15)16-4-5-17(22)29-16/h3-6,8-10,12,23H,1-2,7,11H2,(H,24,25,27). The summed E-state index contributed by atoms with van der Waals surface area (Å²) in [6, 6.07) is 7.04. The number of aromatic amines is 1. The quantitative estimate of drug-likeness (QED) is 0.593. The molecule has 1 atom stereocenters. The van der Waals surface area contributed by atoms with Crippen molar-refractivity contribution in [1.29, 1.82) is 0 Å². The molecule has 9 heteroatoms. The Morgan fingerprint density at radius 2 is 2.07 bits per heavy atom. The summed E-state index contributed by atoms with van der Waals surface area (Å²) in [6.45, 7) is 0.992. The van der Waals surface area contributed by atoms with Gasteiger partial charge in [0, 0.05) is 42.1 Å². The Morgan fingerprint density at radius 3 is 2.79 bits per heavy atom. The number of anilines is 1. The highest BCUT2D eigenvalue weighted by Gasteiger charge is 2.30. The van der Waals surface area contributed by atoms with Crippen molar-refractivity contribution in [2.75, 3.05) is 18.4 Å². The van der Waals surface area contributed by atoms with Crippen LogP contribution in [0.3, 0.4) is 0 Å². The predicted octanol–water partition coefficient (Wildman–Crippen LogP) is 4.94. The van der Waals surface area contributed by atoms with Crippen LogP contribution in [0.4, 0.5) is 5.82 Å². The molecule has 6 nitrogen and oxygen atoms in total. The van der Waals surface area contributed by atoms with Crippen molar-refractivity contribution in [3.05, 3.63) is 57.8 Å². The predicted molar refractivity (Wildman–Crippen MR) is 116 cm³/mol. The lowest BCUT2D eigenvalue weighted by Crippen LogP contribution is -2.43. The SMILES string of the molecule is O=C(Nc1ccc(Cl)cn1)C1CCCN(C(=O)c2c[nH]cc2-c2ccc(Cl)s2)C1. The Hall–Kier alpha value is -2.35. The van der Waals surface area contributed by atoms with Crippen LogP contribution in [-0.4, -0.2) is 39.8 Å². The Kier molecular flexibility index (Phi) is 5.89. The molecule has 0 radical (unpaired) electrons. The van der Waals surface area contributed by atoms with Crippen LogP contribution in [-0.2, 0) is 4.79 Å². The fraction of sp³-hybridized carbons (Fsp3) is 0.250. The lowest BCUT2D eigenvalue weighted by atomic mass is 9.96. The molecular formula is C20H18Cl2N4O2S. The number of thiophene rings is 1. The smallest absolute Gasteiger partial charge is 0.256 e. The first-order valence-corrected chi connectivity index (χ1v) is 10.7. The van der Waals surface area contributed by atoms with E-state index in [1.807, 2.05) is 12.1 Å². The summed E-state index contributed by atoms with van der Waals surface area (Å²) in [5.41, 5.74) is 1.41. The topological polar surface area (TPSA) is 78.1 Å². The van der Waals surface area contributed by atoms with Crippen LogP contribution >= 0.6 is 34.5 Å². The van der Waals surface area contributed by atoms with Crippen LogP contribution in [0.5, 0.6) is 0 Å². The molecular weight excluding hydrogens is 431 g/mol. The number of nitrogens with zero attached hydrogens (tertiary/aromatic N) is 2. The molecule has 29 heavy (non-hydrogen) atoms. The van der Waals surface area contributed by atoms with Gasteiger partial charge in [-0.2, -0.15) is 0 Å². The highest BCUT2D eigenvalue weighted by Crippen LogP contribution is 2.34. The van der Waals surface area contributed by atoms with Gasteiger partial charge in [0.05, 0.1) is 20.8 Å². The molecule has 1 aliphatic rings. The van der Waals surface area contributed by atoms with Gasteiger partial charge in [0.25, 0.3) is 5.91 Å². The van der Waals surface area contributed by atoms with Gasteiger partial charge in [-0.25, -0.2) is 4.98 Å². The third-order valence-corrected chi connectivity index (χ3v) is 6.36. The molecule has 1 saturated heterocycles. The Balaban J connectivity index is 1.46. The second-order valence-electron chi connectivity index (χ2n) is 6.83. The number of halogens is 2. The molecule has 2 amide bonds. The van der Waals surface area contributed by atoms with Crippen molar-refractivity contribution in [3.63, 3.8) is 0 Å². The fourth-order valence-electron chi connectivity index (χ4n) is 3.43. The second-order valence-corrected chi connectivity index (χ2v) is 8.98. The molecule has 4 rings (SSSR count). The molecule has 0 saturated carbocycles. The van der Waals surface area contributed by atoms with E-state index in [9.17, 15) is 9.59 Å². The van der Waals surface area contributed by atoms with Gasteiger partial charge in [-0.05, 0) is 37.1 Å². The van der Waals surface area contributed by atoms with Crippen LogP contribution in [0.1, 0.15) is 23.2 Å². The Morgan fingerprint density at radius 1 is 1.21 bits per heavy atom. The summed E-state index contributed by atoms with van der Waals surface area (Å²) in [5, 5.41) is 3.31. The first-order valence-electron chi connectivity index (χ1n) is 9.15. The number of piperidine rings is 1. The van der Waals surface area contributed by atoms with Gasteiger partial charge in [-0.3, -0.25) is 9.59 Å². The van der Waals surface area contributed by atoms with Crippen LogP contribution in [0.25, 0.3) is 10.4 Å². The molecule has 2 N–H and O–H groups in total. The third kappa shape index (κ3) is 4.47. The maximum atomic E-state index is 13.1. The zero-order valence-electron chi connectivity index (χ0n) is 15.3.